The van der Waals surface area contributed by atoms with Crippen LogP contribution in [0.5, 0.6) is 0 Å². The van der Waals surface area contributed by atoms with Crippen LogP contribution in [0.4, 0.5) is 0 Å². The molecule has 0 saturated heterocycles. The molecule has 1 aromatic heterocycles. The lowest BCUT2D eigenvalue weighted by Gasteiger charge is -2.12. The molecular weight excluding hydrogens is 520 g/mol. The molecule has 0 atom stereocenters. The van der Waals surface area contributed by atoms with Gasteiger partial charge in [-0.3, -0.25) is 0 Å². The molecule has 1 aliphatic rings. The van der Waals surface area contributed by atoms with E-state index in [2.05, 4.69) is 133 Å². The molecule has 202 valence electrons. The van der Waals surface area contributed by atoms with Gasteiger partial charge in [-0.25, -0.2) is 9.97 Å². The van der Waals surface area contributed by atoms with Crippen LogP contribution in [0.15, 0.2) is 158 Å². The third-order valence-corrected chi connectivity index (χ3v) is 8.33. The first-order valence-electron chi connectivity index (χ1n) is 14.7. The highest BCUT2D eigenvalue weighted by Crippen LogP contribution is 2.39. The van der Waals surface area contributed by atoms with Crippen LogP contribution in [-0.4, -0.2) is 9.97 Å². The van der Waals surface area contributed by atoms with Gasteiger partial charge in [0.15, 0.2) is 5.82 Å². The lowest BCUT2D eigenvalue weighted by atomic mass is 9.97. The van der Waals surface area contributed by atoms with E-state index in [1.54, 1.807) is 0 Å². The van der Waals surface area contributed by atoms with Gasteiger partial charge in [-0.15, -0.1) is 0 Å². The van der Waals surface area contributed by atoms with Gasteiger partial charge in [0.2, 0.25) is 0 Å². The van der Waals surface area contributed by atoms with Crippen molar-refractivity contribution in [2.24, 2.45) is 0 Å². The van der Waals surface area contributed by atoms with E-state index in [0.717, 1.165) is 40.3 Å². The topological polar surface area (TPSA) is 25.8 Å². The summed E-state index contributed by atoms with van der Waals surface area (Å²) in [7, 11) is 0. The van der Waals surface area contributed by atoms with Crippen LogP contribution in [0.3, 0.4) is 0 Å². The van der Waals surface area contributed by atoms with Crippen LogP contribution in [0.1, 0.15) is 11.1 Å². The predicted molar refractivity (Wildman–Crippen MR) is 177 cm³/mol. The summed E-state index contributed by atoms with van der Waals surface area (Å²) in [6.45, 7) is 0. The van der Waals surface area contributed by atoms with Crippen molar-refractivity contribution >= 4 is 0 Å². The first-order chi connectivity index (χ1) is 21.3. The average molecular weight is 549 g/mol. The van der Waals surface area contributed by atoms with Crippen molar-refractivity contribution in [3.05, 3.63) is 169 Å². The number of hydrogen-bond donors (Lipinski definition) is 0. The Bertz CT molecular complexity index is 2080. The van der Waals surface area contributed by atoms with E-state index in [4.69, 9.17) is 9.97 Å². The number of hydrogen-bond acceptors (Lipinski definition) is 2. The molecule has 0 saturated carbocycles. The quantitative estimate of drug-likeness (QED) is 0.214. The molecule has 1 heterocycles. The summed E-state index contributed by atoms with van der Waals surface area (Å²) in [6, 6.07) is 55.8. The van der Waals surface area contributed by atoms with Gasteiger partial charge >= 0.3 is 0 Å². The Balaban J connectivity index is 1.19. The van der Waals surface area contributed by atoms with Gasteiger partial charge in [-0.05, 0) is 63.1 Å². The van der Waals surface area contributed by atoms with E-state index < -0.39 is 0 Å². The van der Waals surface area contributed by atoms with Crippen molar-refractivity contribution in [2.45, 2.75) is 6.42 Å². The first kappa shape index (κ1) is 25.1. The van der Waals surface area contributed by atoms with Crippen LogP contribution in [0.2, 0.25) is 0 Å². The fourth-order valence-corrected chi connectivity index (χ4v) is 6.11. The third kappa shape index (κ3) is 4.83. The second-order valence-electron chi connectivity index (χ2n) is 11.1. The van der Waals surface area contributed by atoms with Crippen LogP contribution in [0, 0.1) is 0 Å². The zero-order valence-electron chi connectivity index (χ0n) is 23.6. The second kappa shape index (κ2) is 10.7. The second-order valence-corrected chi connectivity index (χ2v) is 11.1. The van der Waals surface area contributed by atoms with Crippen molar-refractivity contribution < 1.29 is 0 Å². The van der Waals surface area contributed by atoms with Crippen LogP contribution in [0.25, 0.3) is 67.3 Å². The largest absolute Gasteiger partial charge is 0.228 e. The Hall–Kier alpha value is -5.60. The molecule has 0 aliphatic heterocycles. The average Bonchev–Trinajstić information content (AvgIpc) is 3.47. The lowest BCUT2D eigenvalue weighted by molar-refractivity contribution is 1.18. The molecule has 0 unspecified atom stereocenters. The third-order valence-electron chi connectivity index (χ3n) is 8.33. The molecule has 0 amide bonds. The van der Waals surface area contributed by atoms with Crippen molar-refractivity contribution in [3.63, 3.8) is 0 Å². The Morgan fingerprint density at radius 1 is 0.326 bits per heavy atom. The fraction of sp³-hybridized carbons (Fsp3) is 0.0244. The number of nitrogens with zero attached hydrogens (tertiary/aromatic N) is 2. The van der Waals surface area contributed by atoms with E-state index in [-0.39, 0.29) is 0 Å². The SMILES string of the molecule is c1ccc(-c2ccc(-c3cc(-c4cccc(-c5ccc6c(c5)Cc5ccccc5-6)c4)nc(-c4ccccc4)n3)cc2)cc1. The van der Waals surface area contributed by atoms with Crippen molar-refractivity contribution in [1.82, 2.24) is 9.97 Å². The molecule has 1 aliphatic carbocycles. The molecule has 2 heteroatoms. The molecular formula is C41H28N2. The Kier molecular flexibility index (Phi) is 6.23. The van der Waals surface area contributed by atoms with Gasteiger partial charge in [0.1, 0.15) is 0 Å². The maximum atomic E-state index is 5.07. The molecule has 6 aromatic carbocycles. The minimum Gasteiger partial charge on any atom is -0.228 e. The first-order valence-corrected chi connectivity index (χ1v) is 14.7. The summed E-state index contributed by atoms with van der Waals surface area (Å²) in [5, 5.41) is 0. The van der Waals surface area contributed by atoms with Gasteiger partial charge in [0.05, 0.1) is 11.4 Å². The maximum Gasteiger partial charge on any atom is 0.160 e. The van der Waals surface area contributed by atoms with Crippen molar-refractivity contribution in [2.75, 3.05) is 0 Å². The van der Waals surface area contributed by atoms with Crippen molar-refractivity contribution in [1.29, 1.82) is 0 Å². The van der Waals surface area contributed by atoms with Gasteiger partial charge in [0, 0.05) is 16.7 Å². The van der Waals surface area contributed by atoms with Crippen LogP contribution >= 0.6 is 0 Å². The zero-order valence-corrected chi connectivity index (χ0v) is 23.6. The van der Waals surface area contributed by atoms with E-state index >= 15 is 0 Å². The molecule has 8 rings (SSSR count). The fourth-order valence-electron chi connectivity index (χ4n) is 6.11. The number of aromatic nitrogens is 2. The number of fused-ring (bicyclic) bond motifs is 3. The zero-order chi connectivity index (χ0) is 28.6. The molecule has 0 spiro atoms. The normalized spacial score (nSPS) is 11.6. The molecule has 0 radical (unpaired) electrons. The van der Waals surface area contributed by atoms with E-state index in [1.165, 1.54) is 44.5 Å². The lowest BCUT2D eigenvalue weighted by Crippen LogP contribution is -1.96. The van der Waals surface area contributed by atoms with Gasteiger partial charge < -0.3 is 0 Å². The van der Waals surface area contributed by atoms with Crippen LogP contribution < -0.4 is 0 Å². The Labute approximate surface area is 252 Å². The van der Waals surface area contributed by atoms with E-state index in [9.17, 15) is 0 Å². The number of rotatable bonds is 5. The highest BCUT2D eigenvalue weighted by Gasteiger charge is 2.18. The van der Waals surface area contributed by atoms with Crippen molar-refractivity contribution in [3.8, 4) is 67.3 Å². The summed E-state index contributed by atoms with van der Waals surface area (Å²) < 4.78 is 0. The van der Waals surface area contributed by atoms with Gasteiger partial charge in [0.25, 0.3) is 0 Å². The molecule has 0 fully saturated rings. The Morgan fingerprint density at radius 2 is 0.860 bits per heavy atom. The maximum absolute atomic E-state index is 5.07. The summed E-state index contributed by atoms with van der Waals surface area (Å²) in [6.07, 6.45) is 0.984. The minimum atomic E-state index is 0.723. The Morgan fingerprint density at radius 3 is 1.65 bits per heavy atom. The molecule has 43 heavy (non-hydrogen) atoms. The molecule has 7 aromatic rings. The van der Waals surface area contributed by atoms with E-state index in [0.29, 0.717) is 0 Å². The highest BCUT2D eigenvalue weighted by molar-refractivity contribution is 5.82. The van der Waals surface area contributed by atoms with Gasteiger partial charge in [-0.2, -0.15) is 0 Å². The standard InChI is InChI=1S/C41H28N2/c1-3-10-28(11-4-1)29-18-20-30(21-19-29)39-27-40(43-41(42-39)31-12-5-2-6-13-31)35-16-9-15-32(24-35)33-22-23-38-36(25-33)26-34-14-7-8-17-37(34)38/h1-25,27H,26H2. The smallest absolute Gasteiger partial charge is 0.160 e. The minimum absolute atomic E-state index is 0.723. The monoisotopic (exact) mass is 548 g/mol. The molecule has 0 N–H and O–H groups in total. The summed E-state index contributed by atoms with van der Waals surface area (Å²) >= 11 is 0. The highest BCUT2D eigenvalue weighted by atomic mass is 14.9. The summed E-state index contributed by atoms with van der Waals surface area (Å²) in [4.78, 5) is 10.1. The predicted octanol–water partition coefficient (Wildman–Crippen LogP) is 10.4. The number of benzene rings is 6. The molecule has 2 nitrogen and oxygen atoms in total. The van der Waals surface area contributed by atoms with E-state index in [1.807, 2.05) is 24.3 Å². The van der Waals surface area contributed by atoms with Gasteiger partial charge in [-0.1, -0.05) is 146 Å². The summed E-state index contributed by atoms with van der Waals surface area (Å²) in [5.41, 5.74) is 15.3. The van der Waals surface area contributed by atoms with Crippen LogP contribution in [-0.2, 0) is 6.42 Å². The summed E-state index contributed by atoms with van der Waals surface area (Å²) in [5.74, 6) is 0.723. The molecule has 0 bridgehead atoms.